The first-order valence-electron chi connectivity index (χ1n) is 6.80. The molecule has 0 bridgehead atoms. The van der Waals surface area contributed by atoms with E-state index in [1.807, 2.05) is 0 Å². The summed E-state index contributed by atoms with van der Waals surface area (Å²) in [6, 6.07) is 11.3. The Morgan fingerprint density at radius 2 is 1.67 bits per heavy atom. The van der Waals surface area contributed by atoms with E-state index >= 15 is 0 Å². The quantitative estimate of drug-likeness (QED) is 0.358. The molecule has 0 N–H and O–H groups in total. The molecule has 0 aliphatic rings. The third-order valence-electron chi connectivity index (χ3n) is 3.09. The molecule has 0 amide bonds. The first-order chi connectivity index (χ1) is 11.5. The van der Waals surface area contributed by atoms with E-state index in [1.165, 1.54) is 64.2 Å². The van der Waals surface area contributed by atoms with Crippen LogP contribution in [0.5, 0.6) is 0 Å². The molecule has 3 rings (SSSR count). The Hall–Kier alpha value is -1.90. The predicted molar refractivity (Wildman–Crippen MR) is 93.7 cm³/mol. The van der Waals surface area contributed by atoms with Gasteiger partial charge in [-0.2, -0.15) is 0 Å². The van der Waals surface area contributed by atoms with Gasteiger partial charge in [0, 0.05) is 5.56 Å². The van der Waals surface area contributed by atoms with Crippen molar-refractivity contribution in [3.05, 3.63) is 69.7 Å². The molecule has 0 unspecified atom stereocenters. The average Bonchev–Trinajstić information content (AvgIpc) is 2.95. The number of thioether (sulfide) groups is 1. The van der Waals surface area contributed by atoms with E-state index in [1.54, 1.807) is 12.1 Å². The third kappa shape index (κ3) is 3.95. The molecule has 24 heavy (non-hydrogen) atoms. The fourth-order valence-corrected chi connectivity index (χ4v) is 4.17. The lowest BCUT2D eigenvalue weighted by atomic mass is 10.1. The summed E-state index contributed by atoms with van der Waals surface area (Å²) in [5.74, 6) is -0.651. The zero-order chi connectivity index (χ0) is 17.1. The molecule has 0 atom stereocenters. The highest BCUT2D eigenvalue weighted by Crippen LogP contribution is 2.25. The molecule has 3 nitrogen and oxygen atoms in total. The van der Waals surface area contributed by atoms with Gasteiger partial charge < -0.3 is 0 Å². The van der Waals surface area contributed by atoms with E-state index in [0.29, 0.717) is 19.5 Å². The highest BCUT2D eigenvalue weighted by Gasteiger charge is 2.11. The normalized spacial score (nSPS) is 10.8. The van der Waals surface area contributed by atoms with Gasteiger partial charge in [-0.25, -0.2) is 13.5 Å². The Kier molecular flexibility index (Phi) is 5.17. The van der Waals surface area contributed by atoms with Crippen molar-refractivity contribution in [1.82, 2.24) is 9.78 Å². The summed E-state index contributed by atoms with van der Waals surface area (Å²) in [4.78, 5) is 12.1. The van der Waals surface area contributed by atoms with Crippen LogP contribution in [0, 0.1) is 15.6 Å². The van der Waals surface area contributed by atoms with Gasteiger partial charge >= 0.3 is 0 Å². The maximum Gasteiger partial charge on any atom is 0.184 e. The second kappa shape index (κ2) is 7.33. The van der Waals surface area contributed by atoms with Gasteiger partial charge in [0.1, 0.15) is 11.6 Å². The van der Waals surface area contributed by atoms with Gasteiger partial charge in [-0.15, -0.1) is 5.10 Å². The van der Waals surface area contributed by atoms with Crippen molar-refractivity contribution in [2.45, 2.75) is 4.34 Å². The van der Waals surface area contributed by atoms with Crippen LogP contribution in [0.3, 0.4) is 0 Å². The lowest BCUT2D eigenvalue weighted by molar-refractivity contribution is 0.102. The molecule has 0 spiro atoms. The number of halogens is 2. The number of Topliss-reactive ketones (excluding diaryl/α,β-unsaturated/α-hetero) is 1. The van der Waals surface area contributed by atoms with Crippen LogP contribution in [0.1, 0.15) is 10.4 Å². The fraction of sp³-hybridized carbons (Fsp3) is 0.0625. The minimum atomic E-state index is -0.379. The lowest BCUT2D eigenvalue weighted by Crippen LogP contribution is -2.02. The zero-order valence-electron chi connectivity index (χ0n) is 12.1. The third-order valence-corrected chi connectivity index (χ3v) is 5.46. The molecule has 0 radical (unpaired) electrons. The molecule has 0 aliphatic carbocycles. The second-order valence-corrected chi connectivity index (χ2v) is 7.59. The molecule has 122 valence electrons. The Morgan fingerprint density at radius 1 is 1.08 bits per heavy atom. The first-order valence-corrected chi connectivity index (χ1v) is 9.01. The topological polar surface area (TPSA) is 34.9 Å². The van der Waals surface area contributed by atoms with Gasteiger partial charge in [0.2, 0.25) is 0 Å². The number of benzene rings is 2. The lowest BCUT2D eigenvalue weighted by Gasteiger charge is -2.00. The summed E-state index contributed by atoms with van der Waals surface area (Å²) in [7, 11) is 0. The van der Waals surface area contributed by atoms with Gasteiger partial charge in [0.15, 0.2) is 14.1 Å². The van der Waals surface area contributed by atoms with E-state index in [2.05, 4.69) is 5.10 Å². The van der Waals surface area contributed by atoms with E-state index in [-0.39, 0.29) is 23.2 Å². The Labute approximate surface area is 150 Å². The van der Waals surface area contributed by atoms with Crippen LogP contribution >= 0.6 is 35.3 Å². The monoisotopic (exact) mass is 380 g/mol. The van der Waals surface area contributed by atoms with E-state index < -0.39 is 0 Å². The smallest absolute Gasteiger partial charge is 0.184 e. The summed E-state index contributed by atoms with van der Waals surface area (Å²) >= 11 is 7.80. The van der Waals surface area contributed by atoms with Gasteiger partial charge in [0.25, 0.3) is 0 Å². The summed E-state index contributed by atoms with van der Waals surface area (Å²) in [5.41, 5.74) is 1.11. The number of rotatable bonds is 5. The minimum absolute atomic E-state index is 0.116. The number of nitrogens with zero attached hydrogens (tertiary/aromatic N) is 2. The van der Waals surface area contributed by atoms with Crippen LogP contribution in [-0.2, 0) is 0 Å². The van der Waals surface area contributed by atoms with Crippen LogP contribution < -0.4 is 0 Å². The Bertz CT molecular complexity index is 918. The van der Waals surface area contributed by atoms with Crippen LogP contribution in [0.2, 0.25) is 0 Å². The van der Waals surface area contributed by atoms with Crippen LogP contribution in [0.25, 0.3) is 5.69 Å². The SMILES string of the molecule is O=C(CSc1nn(-c2ccc(F)cc2)c(=S)s1)c1ccc(F)cc1. The molecule has 3 aromatic rings. The van der Waals surface area contributed by atoms with Crippen molar-refractivity contribution in [3.8, 4) is 5.69 Å². The van der Waals surface area contributed by atoms with Crippen LogP contribution in [0.4, 0.5) is 8.78 Å². The second-order valence-electron chi connectivity index (χ2n) is 4.74. The van der Waals surface area contributed by atoms with Gasteiger partial charge in [-0.1, -0.05) is 23.1 Å². The molecule has 0 saturated carbocycles. The molecule has 1 heterocycles. The Balaban J connectivity index is 1.71. The van der Waals surface area contributed by atoms with Crippen molar-refractivity contribution < 1.29 is 13.6 Å². The molecule has 0 fully saturated rings. The van der Waals surface area contributed by atoms with Crippen LogP contribution in [0.15, 0.2) is 52.9 Å². The average molecular weight is 380 g/mol. The summed E-state index contributed by atoms with van der Waals surface area (Å²) in [6.07, 6.45) is 0. The van der Waals surface area contributed by atoms with Crippen molar-refractivity contribution in [1.29, 1.82) is 0 Å². The number of aromatic nitrogens is 2. The van der Waals surface area contributed by atoms with Crippen molar-refractivity contribution in [3.63, 3.8) is 0 Å². The predicted octanol–water partition coefficient (Wildman–Crippen LogP) is 4.92. The number of hydrogen-bond acceptors (Lipinski definition) is 5. The maximum absolute atomic E-state index is 13.0. The first kappa shape index (κ1) is 16.9. The summed E-state index contributed by atoms with van der Waals surface area (Å²) in [5, 5.41) is 4.35. The molecule has 8 heteroatoms. The van der Waals surface area contributed by atoms with Crippen molar-refractivity contribution in [2.75, 3.05) is 5.75 Å². The van der Waals surface area contributed by atoms with Crippen molar-refractivity contribution in [2.24, 2.45) is 0 Å². The molecular weight excluding hydrogens is 370 g/mol. The van der Waals surface area contributed by atoms with Gasteiger partial charge in [-0.05, 0) is 60.7 Å². The van der Waals surface area contributed by atoms with E-state index in [0.717, 1.165) is 0 Å². The van der Waals surface area contributed by atoms with Gasteiger partial charge in [0.05, 0.1) is 11.4 Å². The van der Waals surface area contributed by atoms with Crippen LogP contribution in [-0.4, -0.2) is 21.3 Å². The number of carbonyl (C=O) groups excluding carboxylic acids is 1. The molecule has 1 aromatic heterocycles. The van der Waals surface area contributed by atoms with Gasteiger partial charge in [-0.3, -0.25) is 4.79 Å². The Morgan fingerprint density at radius 3 is 2.29 bits per heavy atom. The highest BCUT2D eigenvalue weighted by molar-refractivity contribution is 8.01. The highest BCUT2D eigenvalue weighted by atomic mass is 32.2. The number of hydrogen-bond donors (Lipinski definition) is 0. The summed E-state index contributed by atoms with van der Waals surface area (Å²) in [6.45, 7) is 0. The standard InChI is InChI=1S/C16H10F2N2OS3/c17-11-3-1-10(2-4-11)14(21)9-23-15-19-20(16(22)24-15)13-7-5-12(18)6-8-13/h1-8H,9H2. The zero-order valence-corrected chi connectivity index (χ0v) is 14.6. The minimum Gasteiger partial charge on any atom is -0.293 e. The van der Waals surface area contributed by atoms with Crippen molar-refractivity contribution >= 4 is 41.1 Å². The van der Waals surface area contributed by atoms with E-state index in [9.17, 15) is 13.6 Å². The van der Waals surface area contributed by atoms with E-state index in [4.69, 9.17) is 12.2 Å². The molecule has 0 aliphatic heterocycles. The number of ketones is 1. The molecule has 0 saturated heterocycles. The maximum atomic E-state index is 13.0. The number of carbonyl (C=O) groups is 1. The fourth-order valence-electron chi connectivity index (χ4n) is 1.91. The molecular formula is C16H10F2N2OS3. The largest absolute Gasteiger partial charge is 0.293 e. The summed E-state index contributed by atoms with van der Waals surface area (Å²) < 4.78 is 28.5. The molecule has 2 aromatic carbocycles.